The van der Waals surface area contributed by atoms with Gasteiger partial charge in [-0.2, -0.15) is 0 Å². The van der Waals surface area contributed by atoms with Crippen LogP contribution in [0.4, 0.5) is 4.39 Å². The van der Waals surface area contributed by atoms with E-state index in [0.717, 1.165) is 0 Å². The summed E-state index contributed by atoms with van der Waals surface area (Å²) in [6.07, 6.45) is -0.437. The Bertz CT molecular complexity index is 771. The molecular formula is C17H21FN2O4. The first kappa shape index (κ1) is 16.7. The molecular weight excluding hydrogens is 315 g/mol. The SMILES string of the molecule is COc1ccc(F)c2[nH]c(C(=O)N3CC(CO)OC(C)(C)C3)cc12. The second kappa shape index (κ2) is 6.07. The lowest BCUT2D eigenvalue weighted by molar-refractivity contribution is -0.139. The van der Waals surface area contributed by atoms with Crippen LogP contribution in [0, 0.1) is 5.82 Å². The fourth-order valence-electron chi connectivity index (χ4n) is 3.17. The van der Waals surface area contributed by atoms with Gasteiger partial charge in [-0.15, -0.1) is 0 Å². The molecule has 1 amide bonds. The van der Waals surface area contributed by atoms with Gasteiger partial charge in [0.05, 0.1) is 30.9 Å². The molecule has 1 aliphatic heterocycles. The van der Waals surface area contributed by atoms with Crippen LogP contribution in [0.1, 0.15) is 24.3 Å². The van der Waals surface area contributed by atoms with Crippen LogP contribution in [0.25, 0.3) is 10.9 Å². The quantitative estimate of drug-likeness (QED) is 0.898. The third-order valence-corrected chi connectivity index (χ3v) is 4.13. The van der Waals surface area contributed by atoms with Crippen molar-refractivity contribution in [2.24, 2.45) is 0 Å². The van der Waals surface area contributed by atoms with Gasteiger partial charge in [0, 0.05) is 18.5 Å². The minimum absolute atomic E-state index is 0.164. The number of aromatic amines is 1. The number of benzene rings is 1. The molecule has 1 aromatic heterocycles. The number of morpholine rings is 1. The van der Waals surface area contributed by atoms with Crippen LogP contribution in [0.2, 0.25) is 0 Å². The molecule has 0 radical (unpaired) electrons. The summed E-state index contributed by atoms with van der Waals surface area (Å²) < 4.78 is 24.9. The van der Waals surface area contributed by atoms with Crippen LogP contribution in [-0.4, -0.2) is 59.4 Å². The van der Waals surface area contributed by atoms with Crippen molar-refractivity contribution in [1.29, 1.82) is 0 Å². The zero-order valence-electron chi connectivity index (χ0n) is 13.9. The highest BCUT2D eigenvalue weighted by molar-refractivity contribution is 6.00. The molecule has 0 bridgehead atoms. The van der Waals surface area contributed by atoms with Crippen molar-refractivity contribution in [3.63, 3.8) is 0 Å². The Morgan fingerprint density at radius 3 is 2.96 bits per heavy atom. The monoisotopic (exact) mass is 336 g/mol. The van der Waals surface area contributed by atoms with E-state index in [4.69, 9.17) is 9.47 Å². The van der Waals surface area contributed by atoms with E-state index in [-0.39, 0.29) is 30.3 Å². The Morgan fingerprint density at radius 1 is 1.54 bits per heavy atom. The van der Waals surface area contributed by atoms with Gasteiger partial charge in [-0.05, 0) is 32.0 Å². The van der Waals surface area contributed by atoms with Crippen LogP contribution >= 0.6 is 0 Å². The summed E-state index contributed by atoms with van der Waals surface area (Å²) in [7, 11) is 1.50. The zero-order valence-corrected chi connectivity index (χ0v) is 13.9. The number of halogens is 1. The Labute approximate surface area is 139 Å². The Hall–Kier alpha value is -2.12. The van der Waals surface area contributed by atoms with Gasteiger partial charge in [0.1, 0.15) is 17.3 Å². The molecule has 3 rings (SSSR count). The summed E-state index contributed by atoms with van der Waals surface area (Å²) in [6, 6.07) is 4.42. The minimum atomic E-state index is -0.559. The van der Waals surface area contributed by atoms with Crippen molar-refractivity contribution < 1.29 is 23.8 Å². The van der Waals surface area contributed by atoms with Crippen molar-refractivity contribution in [1.82, 2.24) is 9.88 Å². The first-order valence-corrected chi connectivity index (χ1v) is 7.78. The van der Waals surface area contributed by atoms with Crippen molar-refractivity contribution in [2.45, 2.75) is 25.6 Å². The summed E-state index contributed by atoms with van der Waals surface area (Å²) in [4.78, 5) is 17.3. The van der Waals surface area contributed by atoms with E-state index >= 15 is 0 Å². The van der Waals surface area contributed by atoms with Crippen LogP contribution in [0.3, 0.4) is 0 Å². The molecule has 1 fully saturated rings. The zero-order chi connectivity index (χ0) is 17.5. The lowest BCUT2D eigenvalue weighted by Gasteiger charge is -2.42. The van der Waals surface area contributed by atoms with Gasteiger partial charge < -0.3 is 24.5 Å². The largest absolute Gasteiger partial charge is 0.496 e. The van der Waals surface area contributed by atoms with Crippen LogP contribution in [-0.2, 0) is 4.74 Å². The summed E-state index contributed by atoms with van der Waals surface area (Å²) in [5, 5.41) is 9.90. The summed E-state index contributed by atoms with van der Waals surface area (Å²) in [5.41, 5.74) is -0.0392. The van der Waals surface area contributed by atoms with Gasteiger partial charge >= 0.3 is 0 Å². The maximum atomic E-state index is 14.0. The Morgan fingerprint density at radius 2 is 2.29 bits per heavy atom. The lowest BCUT2D eigenvalue weighted by atomic mass is 10.0. The Kier molecular flexibility index (Phi) is 4.23. The van der Waals surface area contributed by atoms with Crippen LogP contribution < -0.4 is 4.74 Å². The maximum Gasteiger partial charge on any atom is 0.270 e. The van der Waals surface area contributed by atoms with Crippen molar-refractivity contribution in [3.05, 3.63) is 29.7 Å². The number of nitrogens with one attached hydrogen (secondary N) is 1. The number of ether oxygens (including phenoxy) is 2. The van der Waals surface area contributed by atoms with Gasteiger partial charge in [-0.3, -0.25) is 4.79 Å². The van der Waals surface area contributed by atoms with Crippen LogP contribution in [0.5, 0.6) is 5.75 Å². The number of H-pyrrole nitrogens is 1. The second-order valence-electron chi connectivity index (χ2n) is 6.59. The number of rotatable bonds is 3. The van der Waals surface area contributed by atoms with Crippen molar-refractivity contribution in [2.75, 3.05) is 26.8 Å². The molecule has 130 valence electrons. The fraction of sp³-hybridized carbons (Fsp3) is 0.471. The molecule has 0 aliphatic carbocycles. The summed E-state index contributed by atoms with van der Waals surface area (Å²) in [5.74, 6) is -0.208. The highest BCUT2D eigenvalue weighted by atomic mass is 19.1. The van der Waals surface area contributed by atoms with Crippen molar-refractivity contribution in [3.8, 4) is 5.75 Å². The Balaban J connectivity index is 1.95. The van der Waals surface area contributed by atoms with E-state index in [1.807, 2.05) is 13.8 Å². The van der Waals surface area contributed by atoms with E-state index in [2.05, 4.69) is 4.98 Å². The number of nitrogens with zero attached hydrogens (tertiary/aromatic N) is 1. The third kappa shape index (κ3) is 2.97. The molecule has 6 nitrogen and oxygen atoms in total. The predicted molar refractivity (Wildman–Crippen MR) is 86.8 cm³/mol. The molecule has 1 atom stereocenters. The molecule has 2 aromatic rings. The second-order valence-corrected chi connectivity index (χ2v) is 6.59. The number of amides is 1. The summed E-state index contributed by atoms with van der Waals surface area (Å²) in [6.45, 7) is 4.24. The predicted octanol–water partition coefficient (Wildman–Crippen LogP) is 1.93. The average Bonchev–Trinajstić information content (AvgIpc) is 2.99. The molecule has 1 saturated heterocycles. The normalized spacial score (nSPS) is 20.4. The lowest BCUT2D eigenvalue weighted by Crippen LogP contribution is -2.55. The van der Waals surface area contributed by atoms with Gasteiger partial charge in [0.15, 0.2) is 0 Å². The molecule has 0 saturated carbocycles. The van der Waals surface area contributed by atoms with Gasteiger partial charge in [0.25, 0.3) is 5.91 Å². The van der Waals surface area contributed by atoms with Crippen LogP contribution in [0.15, 0.2) is 18.2 Å². The minimum Gasteiger partial charge on any atom is -0.496 e. The first-order chi connectivity index (χ1) is 11.3. The highest BCUT2D eigenvalue weighted by Gasteiger charge is 2.36. The number of hydrogen-bond donors (Lipinski definition) is 2. The molecule has 1 aliphatic rings. The molecule has 24 heavy (non-hydrogen) atoms. The topological polar surface area (TPSA) is 74.8 Å². The van der Waals surface area contributed by atoms with E-state index in [1.165, 1.54) is 19.2 Å². The average molecular weight is 336 g/mol. The molecule has 0 spiro atoms. The number of carbonyl (C=O) groups is 1. The maximum absolute atomic E-state index is 14.0. The first-order valence-electron chi connectivity index (χ1n) is 7.78. The molecule has 2 heterocycles. The van der Waals surface area contributed by atoms with Gasteiger partial charge in [-0.1, -0.05) is 0 Å². The smallest absolute Gasteiger partial charge is 0.270 e. The number of aromatic nitrogens is 1. The third-order valence-electron chi connectivity index (χ3n) is 4.13. The number of aliphatic hydroxyl groups excluding tert-OH is 1. The number of hydrogen-bond acceptors (Lipinski definition) is 4. The molecule has 2 N–H and O–H groups in total. The van der Waals surface area contributed by atoms with Gasteiger partial charge in [0.2, 0.25) is 0 Å². The molecule has 1 unspecified atom stereocenters. The number of aliphatic hydroxyl groups is 1. The highest BCUT2D eigenvalue weighted by Crippen LogP contribution is 2.29. The van der Waals surface area contributed by atoms with E-state index in [0.29, 0.717) is 17.7 Å². The summed E-state index contributed by atoms with van der Waals surface area (Å²) >= 11 is 0. The molecule has 7 heteroatoms. The number of carbonyl (C=O) groups excluding carboxylic acids is 1. The fourth-order valence-corrected chi connectivity index (χ4v) is 3.17. The van der Waals surface area contributed by atoms with E-state index in [9.17, 15) is 14.3 Å². The van der Waals surface area contributed by atoms with Gasteiger partial charge in [-0.25, -0.2) is 4.39 Å². The van der Waals surface area contributed by atoms with Crippen molar-refractivity contribution >= 4 is 16.8 Å². The van der Waals surface area contributed by atoms with E-state index < -0.39 is 17.5 Å². The standard InChI is InChI=1S/C17H21FN2O4/c1-17(2)9-20(7-10(8-21)24-17)16(22)13-6-11-14(23-3)5-4-12(18)15(11)19-13/h4-6,10,19,21H,7-9H2,1-3H3. The van der Waals surface area contributed by atoms with E-state index in [1.54, 1.807) is 11.0 Å². The molecule has 1 aromatic carbocycles. The number of methoxy groups -OCH3 is 1. The number of fused-ring (bicyclic) bond motifs is 1.